The summed E-state index contributed by atoms with van der Waals surface area (Å²) in [4.78, 5) is 0. The van der Waals surface area contributed by atoms with Gasteiger partial charge in [0.15, 0.2) is 0 Å². The quantitative estimate of drug-likeness (QED) is 0.236. The molecule has 1 unspecified atom stereocenters. The molecular weight excluding hydrogens is 361 g/mol. The van der Waals surface area contributed by atoms with Gasteiger partial charge in [0.05, 0.1) is 0 Å². The van der Waals surface area contributed by atoms with Crippen LogP contribution in [-0.2, 0) is 19.5 Å². The zero-order valence-corrected chi connectivity index (χ0v) is 18.8. The van der Waals surface area contributed by atoms with Gasteiger partial charge in [-0.05, 0) is 0 Å². The summed E-state index contributed by atoms with van der Waals surface area (Å²) in [5.41, 5.74) is 0. The van der Waals surface area contributed by atoms with Gasteiger partial charge in [-0.2, -0.15) is 5.92 Å². The summed E-state index contributed by atoms with van der Waals surface area (Å²) in [5.74, 6) is 0.724. The number of hydrogen-bond donors (Lipinski definition) is 0. The average molecular weight is 399 g/mol. The van der Waals surface area contributed by atoms with Crippen molar-refractivity contribution in [2.24, 2.45) is 5.92 Å². The van der Waals surface area contributed by atoms with Gasteiger partial charge in [-0.25, -0.2) is 0 Å². The Bertz CT molecular complexity index is 150. The fraction of sp³-hybridized carbons (Fsp3) is 0.944. The zero-order valence-electron chi connectivity index (χ0n) is 14.3. The summed E-state index contributed by atoms with van der Waals surface area (Å²) in [5, 5.41) is 0. The van der Waals surface area contributed by atoms with E-state index in [1.165, 1.54) is 89.9 Å². The molecule has 0 N–H and O–H groups in total. The van der Waals surface area contributed by atoms with Crippen LogP contribution in [0.2, 0.25) is 0 Å². The van der Waals surface area contributed by atoms with Gasteiger partial charge in [0.2, 0.25) is 0 Å². The molecule has 20 heavy (non-hydrogen) atoms. The van der Waals surface area contributed by atoms with E-state index in [0.717, 1.165) is 5.92 Å². The first-order chi connectivity index (χ1) is 8.81. The van der Waals surface area contributed by atoms with Crippen molar-refractivity contribution in [3.8, 4) is 0 Å². The van der Waals surface area contributed by atoms with E-state index in [2.05, 4.69) is 20.8 Å². The van der Waals surface area contributed by atoms with Crippen LogP contribution in [-0.4, -0.2) is 0 Å². The minimum atomic E-state index is 0. The minimum Gasteiger partial charge on any atom is -1.00 e. The molecule has 118 valence electrons. The van der Waals surface area contributed by atoms with Gasteiger partial charge in [0.25, 0.3) is 0 Å². The summed E-state index contributed by atoms with van der Waals surface area (Å²) in [6, 6.07) is 0. The molecule has 0 aromatic carbocycles. The Morgan fingerprint density at radius 2 is 0.900 bits per heavy atom. The van der Waals surface area contributed by atoms with E-state index in [-0.39, 0.29) is 36.5 Å². The van der Waals surface area contributed by atoms with Crippen LogP contribution in [0.1, 0.15) is 104 Å². The largest absolute Gasteiger partial charge is 2.00 e. The van der Waals surface area contributed by atoms with Crippen LogP contribution in [0, 0.1) is 12.8 Å². The molecule has 0 rings (SSSR count). The average Bonchev–Trinajstić information content (AvgIpc) is 2.37. The third kappa shape index (κ3) is 21.4. The fourth-order valence-corrected chi connectivity index (χ4v) is 2.57. The summed E-state index contributed by atoms with van der Waals surface area (Å²) in [6.45, 7) is 8.87. The molecular formula is C18H37BrZn. The Morgan fingerprint density at radius 1 is 0.600 bits per heavy atom. The fourth-order valence-electron chi connectivity index (χ4n) is 2.57. The number of hydrogen-bond acceptors (Lipinski definition) is 0. The van der Waals surface area contributed by atoms with Crippen molar-refractivity contribution in [3.63, 3.8) is 0 Å². The Balaban J connectivity index is -0.00000144. The van der Waals surface area contributed by atoms with Gasteiger partial charge in [0, 0.05) is 0 Å². The van der Waals surface area contributed by atoms with Crippen LogP contribution in [0.4, 0.5) is 0 Å². The summed E-state index contributed by atoms with van der Waals surface area (Å²) < 4.78 is 0. The predicted molar refractivity (Wildman–Crippen MR) is 84.8 cm³/mol. The van der Waals surface area contributed by atoms with Gasteiger partial charge in [-0.15, -0.1) is 0 Å². The van der Waals surface area contributed by atoms with E-state index >= 15 is 0 Å². The van der Waals surface area contributed by atoms with Crippen molar-refractivity contribution >= 4 is 0 Å². The maximum absolute atomic E-state index is 4.30. The van der Waals surface area contributed by atoms with Crippen molar-refractivity contribution in [2.45, 2.75) is 104 Å². The Morgan fingerprint density at radius 3 is 1.25 bits per heavy atom. The predicted octanol–water partition coefficient (Wildman–Crippen LogP) is 3.94. The minimum absolute atomic E-state index is 0. The molecule has 0 nitrogen and oxygen atoms in total. The van der Waals surface area contributed by atoms with Crippen LogP contribution in [0.5, 0.6) is 0 Å². The van der Waals surface area contributed by atoms with Gasteiger partial charge >= 0.3 is 19.5 Å². The second kappa shape index (κ2) is 22.4. The third-order valence-corrected chi connectivity index (χ3v) is 3.93. The smallest absolute Gasteiger partial charge is 1.00 e. The van der Waals surface area contributed by atoms with E-state index in [1.54, 1.807) is 0 Å². The van der Waals surface area contributed by atoms with E-state index in [0.29, 0.717) is 0 Å². The molecule has 0 saturated carbocycles. The van der Waals surface area contributed by atoms with Crippen LogP contribution in [0.15, 0.2) is 0 Å². The van der Waals surface area contributed by atoms with Gasteiger partial charge in [-0.1, -0.05) is 104 Å². The molecule has 0 aliphatic carbocycles. The normalized spacial score (nSPS) is 11.6. The van der Waals surface area contributed by atoms with E-state index < -0.39 is 0 Å². The van der Waals surface area contributed by atoms with Crippen molar-refractivity contribution in [2.75, 3.05) is 0 Å². The van der Waals surface area contributed by atoms with Crippen molar-refractivity contribution in [1.29, 1.82) is 0 Å². The van der Waals surface area contributed by atoms with Crippen LogP contribution >= 0.6 is 0 Å². The third-order valence-electron chi connectivity index (χ3n) is 3.93. The molecule has 0 aliphatic heterocycles. The second-order valence-corrected chi connectivity index (χ2v) is 5.98. The van der Waals surface area contributed by atoms with Crippen LogP contribution < -0.4 is 17.0 Å². The van der Waals surface area contributed by atoms with E-state index in [1.807, 2.05) is 0 Å². The molecule has 0 aromatic heterocycles. The van der Waals surface area contributed by atoms with Gasteiger partial charge < -0.3 is 23.9 Å². The van der Waals surface area contributed by atoms with Gasteiger partial charge in [0.1, 0.15) is 0 Å². The Kier molecular flexibility index (Phi) is 29.1. The van der Waals surface area contributed by atoms with Crippen LogP contribution in [0.3, 0.4) is 0 Å². The molecule has 0 saturated heterocycles. The topological polar surface area (TPSA) is 0 Å². The second-order valence-electron chi connectivity index (χ2n) is 5.98. The molecule has 2 heteroatoms. The summed E-state index contributed by atoms with van der Waals surface area (Å²) in [7, 11) is 0. The molecule has 0 aliphatic rings. The molecule has 0 bridgehead atoms. The Labute approximate surface area is 152 Å². The SMILES string of the molecule is [Br-].[CH2-]C(CCCCCCC)CCCCCCCCC.[Zn+2]. The van der Waals surface area contributed by atoms with Crippen LogP contribution in [0.25, 0.3) is 0 Å². The molecule has 0 spiro atoms. The first-order valence-electron chi connectivity index (χ1n) is 8.64. The van der Waals surface area contributed by atoms with Gasteiger partial charge in [-0.3, -0.25) is 0 Å². The Hall–Kier alpha value is 1.10. The molecule has 1 atom stereocenters. The first-order valence-corrected chi connectivity index (χ1v) is 8.64. The number of rotatable bonds is 14. The molecule has 0 aromatic rings. The van der Waals surface area contributed by atoms with Crippen molar-refractivity contribution < 1.29 is 36.5 Å². The summed E-state index contributed by atoms with van der Waals surface area (Å²) >= 11 is 0. The molecule has 0 fully saturated rings. The zero-order chi connectivity index (χ0) is 13.5. The van der Waals surface area contributed by atoms with E-state index in [9.17, 15) is 0 Å². The maximum atomic E-state index is 4.30. The summed E-state index contributed by atoms with van der Waals surface area (Å²) in [6.07, 6.45) is 19.7. The van der Waals surface area contributed by atoms with Crippen molar-refractivity contribution in [3.05, 3.63) is 6.92 Å². The maximum Gasteiger partial charge on any atom is 2.00 e. The molecule has 0 heterocycles. The van der Waals surface area contributed by atoms with Crippen molar-refractivity contribution in [1.82, 2.24) is 0 Å². The first kappa shape index (κ1) is 26.0. The number of unbranched alkanes of at least 4 members (excludes halogenated alkanes) is 10. The van der Waals surface area contributed by atoms with E-state index in [4.69, 9.17) is 0 Å². The standard InChI is InChI=1S/C18H37.BrH.Zn/c1-4-6-8-10-11-13-15-17-18(3)16-14-12-9-7-5-2;;/h18H,3-17H2,1-2H3;1H;/q-1;;+2/p-1. The molecule has 0 radical (unpaired) electrons. The number of halogens is 1. The monoisotopic (exact) mass is 396 g/mol. The molecule has 0 amide bonds.